The van der Waals surface area contributed by atoms with Gasteiger partial charge < -0.3 is 10.2 Å². The van der Waals surface area contributed by atoms with Crippen molar-refractivity contribution in [2.24, 2.45) is 0 Å². The lowest BCUT2D eigenvalue weighted by molar-refractivity contribution is 0.549. The summed E-state index contributed by atoms with van der Waals surface area (Å²) >= 11 is 0. The molecule has 1 aliphatic heterocycles. The maximum atomic E-state index is 3.64. The Kier molecular flexibility index (Phi) is 3.55. The van der Waals surface area contributed by atoms with Crippen molar-refractivity contribution in [2.75, 3.05) is 24.5 Å². The zero-order valence-electron chi connectivity index (χ0n) is 11.4. The molecule has 1 heterocycles. The number of rotatable bonds is 4. The van der Waals surface area contributed by atoms with Crippen LogP contribution in [-0.2, 0) is 12.8 Å². The molecular formula is C16H24N2. The second kappa shape index (κ2) is 5.31. The normalized spacial score (nSPS) is 22.5. The van der Waals surface area contributed by atoms with Crippen LogP contribution in [0.4, 0.5) is 5.69 Å². The number of fused-ring (bicyclic) bond motifs is 1. The van der Waals surface area contributed by atoms with Gasteiger partial charge in [-0.05, 0) is 61.9 Å². The fourth-order valence-corrected chi connectivity index (χ4v) is 3.26. The maximum absolute atomic E-state index is 3.64. The SMILES string of the molecule is CCCNC1CCN(c2ccc3c(c2)CCC3)C1. The molecule has 18 heavy (non-hydrogen) atoms. The molecule has 0 radical (unpaired) electrons. The first kappa shape index (κ1) is 12.0. The second-order valence-electron chi connectivity index (χ2n) is 5.69. The fraction of sp³-hybridized carbons (Fsp3) is 0.625. The van der Waals surface area contributed by atoms with E-state index in [1.54, 1.807) is 11.1 Å². The first-order chi connectivity index (χ1) is 8.86. The molecule has 1 aliphatic carbocycles. The molecule has 1 N–H and O–H groups in total. The van der Waals surface area contributed by atoms with Gasteiger partial charge in [0.05, 0.1) is 0 Å². The number of nitrogens with zero attached hydrogens (tertiary/aromatic N) is 1. The Balaban J connectivity index is 1.65. The topological polar surface area (TPSA) is 15.3 Å². The summed E-state index contributed by atoms with van der Waals surface area (Å²) in [6.07, 6.45) is 6.44. The number of nitrogens with one attached hydrogen (secondary N) is 1. The molecule has 0 aromatic heterocycles. The highest BCUT2D eigenvalue weighted by atomic mass is 15.2. The molecule has 2 aliphatic rings. The molecule has 1 unspecified atom stereocenters. The van der Waals surface area contributed by atoms with Gasteiger partial charge in [-0.1, -0.05) is 13.0 Å². The smallest absolute Gasteiger partial charge is 0.0369 e. The number of hydrogen-bond donors (Lipinski definition) is 1. The Morgan fingerprint density at radius 3 is 3.06 bits per heavy atom. The van der Waals surface area contributed by atoms with Gasteiger partial charge in [0.25, 0.3) is 0 Å². The molecule has 3 rings (SSSR count). The summed E-state index contributed by atoms with van der Waals surface area (Å²) < 4.78 is 0. The van der Waals surface area contributed by atoms with E-state index in [2.05, 4.69) is 35.3 Å². The fourth-order valence-electron chi connectivity index (χ4n) is 3.26. The van der Waals surface area contributed by atoms with E-state index >= 15 is 0 Å². The number of benzene rings is 1. The van der Waals surface area contributed by atoms with Crippen LogP contribution in [0.25, 0.3) is 0 Å². The first-order valence-corrected chi connectivity index (χ1v) is 7.47. The first-order valence-electron chi connectivity index (χ1n) is 7.47. The van der Waals surface area contributed by atoms with Gasteiger partial charge in [-0.15, -0.1) is 0 Å². The summed E-state index contributed by atoms with van der Waals surface area (Å²) in [7, 11) is 0. The Bertz CT molecular complexity index is 414. The highest BCUT2D eigenvalue weighted by Crippen LogP contribution is 2.28. The number of hydrogen-bond acceptors (Lipinski definition) is 2. The summed E-state index contributed by atoms with van der Waals surface area (Å²) in [6, 6.07) is 7.81. The monoisotopic (exact) mass is 244 g/mol. The van der Waals surface area contributed by atoms with Crippen LogP contribution in [-0.4, -0.2) is 25.7 Å². The van der Waals surface area contributed by atoms with Crippen molar-refractivity contribution in [1.29, 1.82) is 0 Å². The van der Waals surface area contributed by atoms with Crippen LogP contribution in [0.1, 0.15) is 37.3 Å². The van der Waals surface area contributed by atoms with Crippen molar-refractivity contribution in [3.05, 3.63) is 29.3 Å². The summed E-state index contributed by atoms with van der Waals surface area (Å²) in [5, 5.41) is 3.64. The third-order valence-corrected chi connectivity index (χ3v) is 4.32. The van der Waals surface area contributed by atoms with Gasteiger partial charge in [-0.2, -0.15) is 0 Å². The molecule has 0 saturated carbocycles. The average Bonchev–Trinajstić information content (AvgIpc) is 3.04. The van der Waals surface area contributed by atoms with E-state index in [-0.39, 0.29) is 0 Å². The maximum Gasteiger partial charge on any atom is 0.0369 e. The lowest BCUT2D eigenvalue weighted by atomic mass is 10.1. The third-order valence-electron chi connectivity index (χ3n) is 4.32. The van der Waals surface area contributed by atoms with Gasteiger partial charge in [0.2, 0.25) is 0 Å². The summed E-state index contributed by atoms with van der Waals surface area (Å²) in [5.74, 6) is 0. The quantitative estimate of drug-likeness (QED) is 0.876. The van der Waals surface area contributed by atoms with Crippen molar-refractivity contribution in [3.63, 3.8) is 0 Å². The Morgan fingerprint density at radius 1 is 1.28 bits per heavy atom. The average molecular weight is 244 g/mol. The van der Waals surface area contributed by atoms with Gasteiger partial charge in [-0.3, -0.25) is 0 Å². The van der Waals surface area contributed by atoms with Crippen molar-refractivity contribution >= 4 is 5.69 Å². The van der Waals surface area contributed by atoms with Crippen LogP contribution in [0.2, 0.25) is 0 Å². The highest BCUT2D eigenvalue weighted by Gasteiger charge is 2.22. The van der Waals surface area contributed by atoms with Crippen molar-refractivity contribution in [3.8, 4) is 0 Å². The summed E-state index contributed by atoms with van der Waals surface area (Å²) in [5.41, 5.74) is 4.62. The van der Waals surface area contributed by atoms with E-state index in [9.17, 15) is 0 Å². The highest BCUT2D eigenvalue weighted by molar-refractivity contribution is 5.53. The van der Waals surface area contributed by atoms with E-state index in [0.717, 1.165) is 6.54 Å². The second-order valence-corrected chi connectivity index (χ2v) is 5.69. The van der Waals surface area contributed by atoms with Gasteiger partial charge in [0.1, 0.15) is 0 Å². The molecule has 2 heteroatoms. The van der Waals surface area contributed by atoms with Crippen LogP contribution in [0, 0.1) is 0 Å². The molecule has 1 saturated heterocycles. The standard InChI is InChI=1S/C16H24N2/c1-2-9-17-15-8-10-18(12-15)16-7-6-13-4-3-5-14(13)11-16/h6-7,11,15,17H,2-5,8-10,12H2,1H3. The minimum atomic E-state index is 0.693. The molecule has 1 aromatic carbocycles. The Hall–Kier alpha value is -1.02. The summed E-state index contributed by atoms with van der Waals surface area (Å²) in [4.78, 5) is 2.55. The largest absolute Gasteiger partial charge is 0.370 e. The zero-order chi connectivity index (χ0) is 12.4. The predicted octanol–water partition coefficient (Wildman–Crippen LogP) is 2.75. The van der Waals surface area contributed by atoms with E-state index in [0.29, 0.717) is 6.04 Å². The van der Waals surface area contributed by atoms with Gasteiger partial charge >= 0.3 is 0 Å². The van der Waals surface area contributed by atoms with E-state index in [4.69, 9.17) is 0 Å². The van der Waals surface area contributed by atoms with Crippen LogP contribution < -0.4 is 10.2 Å². The van der Waals surface area contributed by atoms with Crippen molar-refractivity contribution < 1.29 is 0 Å². The minimum Gasteiger partial charge on any atom is -0.370 e. The van der Waals surface area contributed by atoms with Crippen LogP contribution in [0.5, 0.6) is 0 Å². The zero-order valence-corrected chi connectivity index (χ0v) is 11.4. The van der Waals surface area contributed by atoms with Crippen molar-refractivity contribution in [2.45, 2.75) is 45.1 Å². The van der Waals surface area contributed by atoms with Crippen LogP contribution in [0.15, 0.2) is 18.2 Å². The lowest BCUT2D eigenvalue weighted by Crippen LogP contribution is -2.32. The van der Waals surface area contributed by atoms with E-state index in [1.807, 2.05) is 0 Å². The van der Waals surface area contributed by atoms with Gasteiger partial charge in [-0.25, -0.2) is 0 Å². The molecule has 0 bridgehead atoms. The molecule has 2 nitrogen and oxygen atoms in total. The Labute approximate surface area is 110 Å². The third kappa shape index (κ3) is 2.39. The minimum absolute atomic E-state index is 0.693. The molecule has 1 aromatic rings. The summed E-state index contributed by atoms with van der Waals surface area (Å²) in [6.45, 7) is 5.78. The predicted molar refractivity (Wildman–Crippen MR) is 77.4 cm³/mol. The molecule has 1 fully saturated rings. The van der Waals surface area contributed by atoms with Crippen molar-refractivity contribution in [1.82, 2.24) is 5.32 Å². The van der Waals surface area contributed by atoms with Gasteiger partial charge in [0, 0.05) is 24.8 Å². The van der Waals surface area contributed by atoms with Crippen LogP contribution >= 0.6 is 0 Å². The molecule has 0 amide bonds. The number of aryl methyl sites for hydroxylation is 2. The number of anilines is 1. The molecule has 1 atom stereocenters. The molecule has 98 valence electrons. The Morgan fingerprint density at radius 2 is 2.17 bits per heavy atom. The van der Waals surface area contributed by atoms with E-state index in [1.165, 1.54) is 50.9 Å². The van der Waals surface area contributed by atoms with Crippen LogP contribution in [0.3, 0.4) is 0 Å². The lowest BCUT2D eigenvalue weighted by Gasteiger charge is -2.20. The molecule has 0 spiro atoms. The van der Waals surface area contributed by atoms with Gasteiger partial charge in [0.15, 0.2) is 0 Å². The molecular weight excluding hydrogens is 220 g/mol. The van der Waals surface area contributed by atoms with E-state index < -0.39 is 0 Å².